The second-order valence-corrected chi connectivity index (χ2v) is 5.90. The molecular weight excluding hydrogens is 278 g/mol. The van der Waals surface area contributed by atoms with Crippen LogP contribution in [0.3, 0.4) is 0 Å². The van der Waals surface area contributed by atoms with E-state index in [0.717, 1.165) is 12.1 Å². The molecule has 21 heavy (non-hydrogen) atoms. The number of nitrogens with zero attached hydrogens (tertiary/aromatic N) is 1. The molecule has 0 aromatic heterocycles. The molecule has 0 unspecified atom stereocenters. The largest absolute Gasteiger partial charge is 0.493 e. The van der Waals surface area contributed by atoms with Gasteiger partial charge in [-0.05, 0) is 36.7 Å². The van der Waals surface area contributed by atoms with Crippen molar-refractivity contribution < 1.29 is 18.3 Å². The Morgan fingerprint density at radius 2 is 1.95 bits per heavy atom. The highest BCUT2D eigenvalue weighted by Crippen LogP contribution is 2.30. The summed E-state index contributed by atoms with van der Waals surface area (Å²) in [5.41, 5.74) is 6.60. The summed E-state index contributed by atoms with van der Waals surface area (Å²) in [5.74, 6) is 0.348. The molecule has 0 atom stereocenters. The third kappa shape index (κ3) is 5.85. The first kappa shape index (κ1) is 17.7. The van der Waals surface area contributed by atoms with E-state index in [0.29, 0.717) is 18.8 Å². The Bertz CT molecular complexity index is 453. The number of ether oxygens (including phenoxy) is 2. The lowest BCUT2D eigenvalue weighted by Crippen LogP contribution is -2.36. The van der Waals surface area contributed by atoms with E-state index in [1.165, 1.54) is 7.11 Å². The number of hydrogen-bond acceptors (Lipinski definition) is 4. The predicted octanol–water partition coefficient (Wildman–Crippen LogP) is 2.71. The van der Waals surface area contributed by atoms with Gasteiger partial charge in [0, 0.05) is 13.1 Å². The molecule has 0 spiro atoms. The fraction of sp³-hybridized carbons (Fsp3) is 0.600. The fourth-order valence-corrected chi connectivity index (χ4v) is 2.17. The van der Waals surface area contributed by atoms with E-state index in [2.05, 4.69) is 23.5 Å². The van der Waals surface area contributed by atoms with Crippen molar-refractivity contribution in [1.29, 1.82) is 0 Å². The van der Waals surface area contributed by atoms with E-state index < -0.39 is 6.61 Å². The van der Waals surface area contributed by atoms with Crippen molar-refractivity contribution >= 4 is 0 Å². The maximum Gasteiger partial charge on any atom is 0.387 e. The number of alkyl halides is 2. The normalized spacial score (nSPS) is 12.0. The van der Waals surface area contributed by atoms with Gasteiger partial charge in [0.05, 0.1) is 7.11 Å². The number of methoxy groups -OCH3 is 1. The highest BCUT2D eigenvalue weighted by molar-refractivity contribution is 5.43. The third-order valence-electron chi connectivity index (χ3n) is 3.15. The number of halogens is 2. The first-order valence-electron chi connectivity index (χ1n) is 6.78. The molecule has 6 heteroatoms. The molecular formula is C15H24F2N2O2. The van der Waals surface area contributed by atoms with Gasteiger partial charge in [-0.1, -0.05) is 19.9 Å². The topological polar surface area (TPSA) is 47.7 Å². The summed E-state index contributed by atoms with van der Waals surface area (Å²) in [6, 6.07) is 5.05. The highest BCUT2D eigenvalue weighted by atomic mass is 19.3. The zero-order valence-electron chi connectivity index (χ0n) is 13.0. The van der Waals surface area contributed by atoms with Gasteiger partial charge in [0.2, 0.25) is 0 Å². The van der Waals surface area contributed by atoms with E-state index in [-0.39, 0.29) is 11.2 Å². The minimum absolute atomic E-state index is 0.00350. The monoisotopic (exact) mass is 302 g/mol. The summed E-state index contributed by atoms with van der Waals surface area (Å²) in [7, 11) is 3.39. The van der Waals surface area contributed by atoms with Crippen LogP contribution < -0.4 is 15.2 Å². The maximum atomic E-state index is 12.4. The molecule has 4 nitrogen and oxygen atoms in total. The van der Waals surface area contributed by atoms with Gasteiger partial charge in [0.25, 0.3) is 0 Å². The molecule has 0 amide bonds. The maximum absolute atomic E-state index is 12.4. The molecule has 0 radical (unpaired) electrons. The molecule has 0 fully saturated rings. The van der Waals surface area contributed by atoms with Gasteiger partial charge in [0.15, 0.2) is 11.5 Å². The number of hydrogen-bond donors (Lipinski definition) is 1. The van der Waals surface area contributed by atoms with Crippen LogP contribution in [0.25, 0.3) is 0 Å². The van der Waals surface area contributed by atoms with Crippen molar-refractivity contribution in [3.63, 3.8) is 0 Å². The molecule has 0 saturated heterocycles. The summed E-state index contributed by atoms with van der Waals surface area (Å²) in [4.78, 5) is 2.10. The smallest absolute Gasteiger partial charge is 0.387 e. The molecule has 120 valence electrons. The van der Waals surface area contributed by atoms with Crippen LogP contribution in [0.4, 0.5) is 8.78 Å². The van der Waals surface area contributed by atoms with Gasteiger partial charge in [0.1, 0.15) is 0 Å². The molecule has 1 rings (SSSR count). The quantitative estimate of drug-likeness (QED) is 0.802. The molecule has 0 aliphatic heterocycles. The van der Waals surface area contributed by atoms with E-state index in [4.69, 9.17) is 10.5 Å². The van der Waals surface area contributed by atoms with Gasteiger partial charge in [-0.2, -0.15) is 8.78 Å². The summed E-state index contributed by atoms with van der Waals surface area (Å²) in [5, 5.41) is 0. The van der Waals surface area contributed by atoms with Gasteiger partial charge in [-0.25, -0.2) is 0 Å². The summed E-state index contributed by atoms with van der Waals surface area (Å²) in [6.45, 7) is 3.31. The van der Waals surface area contributed by atoms with Crippen molar-refractivity contribution in [1.82, 2.24) is 4.90 Å². The van der Waals surface area contributed by atoms with Crippen LogP contribution >= 0.6 is 0 Å². The van der Waals surface area contributed by atoms with Crippen LogP contribution in [0.15, 0.2) is 18.2 Å². The van der Waals surface area contributed by atoms with E-state index >= 15 is 0 Å². The van der Waals surface area contributed by atoms with Gasteiger partial charge < -0.3 is 20.1 Å². The second kappa shape index (κ2) is 7.56. The minimum Gasteiger partial charge on any atom is -0.493 e. The van der Waals surface area contributed by atoms with Gasteiger partial charge in [-0.15, -0.1) is 0 Å². The summed E-state index contributed by atoms with van der Waals surface area (Å²) in [6.07, 6.45) is 0. The molecule has 0 saturated carbocycles. The number of benzene rings is 1. The Hall–Kier alpha value is -1.40. The van der Waals surface area contributed by atoms with Crippen molar-refractivity contribution in [2.24, 2.45) is 11.1 Å². The zero-order valence-corrected chi connectivity index (χ0v) is 13.0. The molecule has 0 aliphatic rings. The standard InChI is InChI=1S/C15H24F2N2O2/c1-15(2,9-18)10-19(3)8-11-5-6-12(20-4)13(7-11)21-14(16)17/h5-7,14H,8-10,18H2,1-4H3. The van der Waals surface area contributed by atoms with Gasteiger partial charge in [-0.3, -0.25) is 0 Å². The molecule has 0 heterocycles. The average molecular weight is 302 g/mol. The SMILES string of the molecule is COc1ccc(CN(C)CC(C)(C)CN)cc1OC(F)F. The summed E-state index contributed by atoms with van der Waals surface area (Å²) >= 11 is 0. The zero-order chi connectivity index (χ0) is 16.0. The molecule has 1 aromatic rings. The van der Waals surface area contributed by atoms with Crippen molar-refractivity contribution in [3.8, 4) is 11.5 Å². The van der Waals surface area contributed by atoms with Crippen LogP contribution in [-0.2, 0) is 6.54 Å². The molecule has 0 bridgehead atoms. The molecule has 1 aromatic carbocycles. The van der Waals surface area contributed by atoms with Crippen molar-refractivity contribution in [2.45, 2.75) is 27.0 Å². The van der Waals surface area contributed by atoms with Gasteiger partial charge >= 0.3 is 6.61 Å². The number of nitrogens with two attached hydrogens (primary N) is 1. The number of rotatable bonds is 8. The third-order valence-corrected chi connectivity index (χ3v) is 3.15. The summed E-state index contributed by atoms with van der Waals surface area (Å²) < 4.78 is 34.3. The average Bonchev–Trinajstić information content (AvgIpc) is 2.37. The van der Waals surface area contributed by atoms with Crippen LogP contribution in [-0.4, -0.2) is 38.8 Å². The van der Waals surface area contributed by atoms with Crippen molar-refractivity contribution in [3.05, 3.63) is 23.8 Å². The van der Waals surface area contributed by atoms with E-state index in [9.17, 15) is 8.78 Å². The Labute approximate surface area is 124 Å². The van der Waals surface area contributed by atoms with Crippen LogP contribution in [0.5, 0.6) is 11.5 Å². The fourth-order valence-electron chi connectivity index (χ4n) is 2.17. The van der Waals surface area contributed by atoms with Crippen LogP contribution in [0.2, 0.25) is 0 Å². The lowest BCUT2D eigenvalue weighted by Gasteiger charge is -2.29. The van der Waals surface area contributed by atoms with E-state index in [1.807, 2.05) is 13.1 Å². The molecule has 2 N–H and O–H groups in total. The Kier molecular flexibility index (Phi) is 6.36. The predicted molar refractivity (Wildman–Crippen MR) is 78.8 cm³/mol. The minimum atomic E-state index is -2.87. The molecule has 0 aliphatic carbocycles. The Morgan fingerprint density at radius 1 is 1.29 bits per heavy atom. The van der Waals surface area contributed by atoms with Crippen LogP contribution in [0, 0.1) is 5.41 Å². The first-order chi connectivity index (χ1) is 9.77. The van der Waals surface area contributed by atoms with Crippen LogP contribution in [0.1, 0.15) is 19.4 Å². The Morgan fingerprint density at radius 3 is 2.48 bits per heavy atom. The highest BCUT2D eigenvalue weighted by Gasteiger charge is 2.18. The lowest BCUT2D eigenvalue weighted by atomic mass is 9.93. The first-order valence-corrected chi connectivity index (χ1v) is 6.78. The van der Waals surface area contributed by atoms with Crippen molar-refractivity contribution in [2.75, 3.05) is 27.2 Å². The Balaban J connectivity index is 2.79. The second-order valence-electron chi connectivity index (χ2n) is 5.90. The van der Waals surface area contributed by atoms with E-state index in [1.54, 1.807) is 12.1 Å². The lowest BCUT2D eigenvalue weighted by molar-refractivity contribution is -0.0512.